The SMILES string of the molecule is CC(Oc1ccc(Cl)cc1Cl)C(=O)N1CCOC(C(=O)O)C1. The molecule has 6 nitrogen and oxygen atoms in total. The second kappa shape index (κ2) is 7.17. The Balaban J connectivity index is 2.01. The van der Waals surface area contributed by atoms with Crippen LogP contribution in [0.15, 0.2) is 18.2 Å². The lowest BCUT2D eigenvalue weighted by atomic mass is 10.2. The average molecular weight is 348 g/mol. The summed E-state index contributed by atoms with van der Waals surface area (Å²) < 4.78 is 10.6. The van der Waals surface area contributed by atoms with Crippen LogP contribution in [0.25, 0.3) is 0 Å². The number of hydrogen-bond acceptors (Lipinski definition) is 4. The van der Waals surface area contributed by atoms with E-state index < -0.39 is 18.2 Å². The van der Waals surface area contributed by atoms with Crippen molar-refractivity contribution in [2.24, 2.45) is 0 Å². The maximum absolute atomic E-state index is 12.3. The highest BCUT2D eigenvalue weighted by Crippen LogP contribution is 2.28. The number of benzene rings is 1. The van der Waals surface area contributed by atoms with E-state index in [1.165, 1.54) is 11.0 Å². The summed E-state index contributed by atoms with van der Waals surface area (Å²) in [6.45, 7) is 2.08. The number of amides is 1. The molecule has 8 heteroatoms. The van der Waals surface area contributed by atoms with E-state index in [1.807, 2.05) is 0 Å². The molecule has 1 aliphatic rings. The van der Waals surface area contributed by atoms with Gasteiger partial charge in [0.25, 0.3) is 5.91 Å². The van der Waals surface area contributed by atoms with Gasteiger partial charge in [-0.3, -0.25) is 4.79 Å². The second-order valence-corrected chi connectivity index (χ2v) is 5.66. The number of carboxylic acid groups (broad SMARTS) is 1. The summed E-state index contributed by atoms with van der Waals surface area (Å²) in [5.74, 6) is -1.07. The molecular formula is C14H15Cl2NO5. The fourth-order valence-corrected chi connectivity index (χ4v) is 2.52. The van der Waals surface area contributed by atoms with Gasteiger partial charge in [-0.05, 0) is 25.1 Å². The summed E-state index contributed by atoms with van der Waals surface area (Å²) in [5, 5.41) is 9.72. The van der Waals surface area contributed by atoms with Gasteiger partial charge in [0.1, 0.15) is 5.75 Å². The number of carboxylic acids is 1. The molecule has 0 bridgehead atoms. The molecule has 1 aromatic carbocycles. The Morgan fingerprint density at radius 1 is 1.45 bits per heavy atom. The highest BCUT2D eigenvalue weighted by Gasteiger charge is 2.31. The molecular weight excluding hydrogens is 333 g/mol. The summed E-state index contributed by atoms with van der Waals surface area (Å²) in [6.07, 6.45) is -1.81. The Morgan fingerprint density at radius 2 is 2.18 bits per heavy atom. The van der Waals surface area contributed by atoms with Crippen molar-refractivity contribution in [2.75, 3.05) is 19.7 Å². The first-order valence-electron chi connectivity index (χ1n) is 6.63. The Kier molecular flexibility index (Phi) is 5.50. The Hall–Kier alpha value is -1.50. The number of nitrogens with zero attached hydrogens (tertiary/aromatic N) is 1. The van der Waals surface area contributed by atoms with Crippen molar-refractivity contribution in [3.63, 3.8) is 0 Å². The van der Waals surface area contributed by atoms with Crippen LogP contribution in [0, 0.1) is 0 Å². The van der Waals surface area contributed by atoms with Crippen LogP contribution in [0.3, 0.4) is 0 Å². The Morgan fingerprint density at radius 3 is 2.82 bits per heavy atom. The van der Waals surface area contributed by atoms with Crippen molar-refractivity contribution in [1.82, 2.24) is 4.90 Å². The monoisotopic (exact) mass is 347 g/mol. The van der Waals surface area contributed by atoms with Gasteiger partial charge in [0, 0.05) is 11.6 Å². The highest BCUT2D eigenvalue weighted by molar-refractivity contribution is 6.35. The third kappa shape index (κ3) is 4.03. The number of ether oxygens (including phenoxy) is 2. The lowest BCUT2D eigenvalue weighted by Gasteiger charge is -2.32. The van der Waals surface area contributed by atoms with E-state index in [9.17, 15) is 9.59 Å². The summed E-state index contributed by atoms with van der Waals surface area (Å²) >= 11 is 11.8. The zero-order chi connectivity index (χ0) is 16.3. The van der Waals surface area contributed by atoms with E-state index in [-0.39, 0.29) is 19.1 Å². The minimum atomic E-state index is -1.09. The summed E-state index contributed by atoms with van der Waals surface area (Å²) in [6, 6.07) is 4.70. The van der Waals surface area contributed by atoms with Crippen molar-refractivity contribution in [2.45, 2.75) is 19.1 Å². The van der Waals surface area contributed by atoms with Crippen molar-refractivity contribution in [3.05, 3.63) is 28.2 Å². The highest BCUT2D eigenvalue weighted by atomic mass is 35.5. The molecule has 0 saturated carbocycles. The third-order valence-electron chi connectivity index (χ3n) is 3.20. The van der Waals surface area contributed by atoms with Crippen molar-refractivity contribution >= 4 is 35.1 Å². The molecule has 2 unspecified atom stereocenters. The minimum absolute atomic E-state index is 0.00375. The summed E-state index contributed by atoms with van der Waals surface area (Å²) in [4.78, 5) is 24.7. The van der Waals surface area contributed by atoms with Gasteiger partial charge in [0.05, 0.1) is 18.2 Å². The average Bonchev–Trinajstić information content (AvgIpc) is 2.49. The Bertz CT molecular complexity index is 580. The number of carbonyl (C=O) groups excluding carboxylic acids is 1. The standard InChI is InChI=1S/C14H15Cl2NO5/c1-8(22-11-3-2-9(15)6-10(11)16)13(18)17-4-5-21-12(7-17)14(19)20/h2-3,6,8,12H,4-5,7H2,1H3,(H,19,20). The first-order valence-corrected chi connectivity index (χ1v) is 7.39. The number of hydrogen-bond donors (Lipinski definition) is 1. The maximum atomic E-state index is 12.3. The van der Waals surface area contributed by atoms with E-state index in [1.54, 1.807) is 19.1 Å². The van der Waals surface area contributed by atoms with E-state index in [4.69, 9.17) is 37.8 Å². The number of morpholine rings is 1. The predicted octanol–water partition coefficient (Wildman–Crippen LogP) is 2.07. The molecule has 1 N–H and O–H groups in total. The van der Waals surface area contributed by atoms with E-state index >= 15 is 0 Å². The largest absolute Gasteiger partial charge is 0.479 e. The van der Waals surface area contributed by atoms with Crippen LogP contribution in [0.1, 0.15) is 6.92 Å². The molecule has 1 fully saturated rings. The summed E-state index contributed by atoms with van der Waals surface area (Å²) in [5.41, 5.74) is 0. The smallest absolute Gasteiger partial charge is 0.334 e. The number of carbonyl (C=O) groups is 2. The van der Waals surface area contributed by atoms with Crippen LogP contribution in [0.2, 0.25) is 10.0 Å². The van der Waals surface area contributed by atoms with Crippen molar-refractivity contribution in [1.29, 1.82) is 0 Å². The first-order chi connectivity index (χ1) is 10.4. The molecule has 120 valence electrons. The molecule has 0 spiro atoms. The minimum Gasteiger partial charge on any atom is -0.479 e. The molecule has 0 aromatic heterocycles. The van der Waals surface area contributed by atoms with Crippen LogP contribution in [-0.4, -0.2) is 53.8 Å². The zero-order valence-electron chi connectivity index (χ0n) is 11.8. The third-order valence-corrected chi connectivity index (χ3v) is 3.73. The molecule has 22 heavy (non-hydrogen) atoms. The van der Waals surface area contributed by atoms with Crippen LogP contribution in [-0.2, 0) is 14.3 Å². The van der Waals surface area contributed by atoms with Gasteiger partial charge < -0.3 is 19.5 Å². The van der Waals surface area contributed by atoms with Crippen LogP contribution in [0.5, 0.6) is 5.75 Å². The number of halogens is 2. The van der Waals surface area contributed by atoms with Gasteiger partial charge in [0.2, 0.25) is 0 Å². The lowest BCUT2D eigenvalue weighted by Crippen LogP contribution is -2.51. The van der Waals surface area contributed by atoms with Gasteiger partial charge in [-0.2, -0.15) is 0 Å². The van der Waals surface area contributed by atoms with Gasteiger partial charge in [-0.1, -0.05) is 23.2 Å². The maximum Gasteiger partial charge on any atom is 0.334 e. The lowest BCUT2D eigenvalue weighted by molar-refractivity contribution is -0.161. The number of aliphatic carboxylic acids is 1. The molecule has 2 rings (SSSR count). The van der Waals surface area contributed by atoms with E-state index in [0.717, 1.165) is 0 Å². The van der Waals surface area contributed by atoms with E-state index in [2.05, 4.69) is 0 Å². The predicted molar refractivity (Wildman–Crippen MR) is 80.5 cm³/mol. The fourth-order valence-electron chi connectivity index (χ4n) is 2.07. The topological polar surface area (TPSA) is 76.1 Å². The molecule has 1 aromatic rings. The van der Waals surface area contributed by atoms with Crippen LogP contribution in [0.4, 0.5) is 0 Å². The fraction of sp³-hybridized carbons (Fsp3) is 0.429. The molecule has 0 aliphatic carbocycles. The zero-order valence-corrected chi connectivity index (χ0v) is 13.3. The molecule has 2 atom stereocenters. The molecule has 0 radical (unpaired) electrons. The molecule has 1 heterocycles. The van der Waals surface area contributed by atoms with Gasteiger partial charge in [-0.25, -0.2) is 4.79 Å². The second-order valence-electron chi connectivity index (χ2n) is 4.82. The normalized spacial score (nSPS) is 19.6. The molecule has 1 aliphatic heterocycles. The first kappa shape index (κ1) is 16.9. The van der Waals surface area contributed by atoms with Crippen molar-refractivity contribution in [3.8, 4) is 5.75 Å². The van der Waals surface area contributed by atoms with Crippen LogP contribution < -0.4 is 4.74 Å². The molecule has 1 saturated heterocycles. The van der Waals surface area contributed by atoms with Gasteiger partial charge in [-0.15, -0.1) is 0 Å². The molecule has 1 amide bonds. The van der Waals surface area contributed by atoms with E-state index in [0.29, 0.717) is 22.3 Å². The van der Waals surface area contributed by atoms with Crippen LogP contribution >= 0.6 is 23.2 Å². The van der Waals surface area contributed by atoms with Gasteiger partial charge >= 0.3 is 5.97 Å². The number of rotatable bonds is 4. The summed E-state index contributed by atoms with van der Waals surface area (Å²) in [7, 11) is 0. The quantitative estimate of drug-likeness (QED) is 0.902. The Labute approximate surface area is 137 Å². The van der Waals surface area contributed by atoms with Crippen molar-refractivity contribution < 1.29 is 24.2 Å². The van der Waals surface area contributed by atoms with Gasteiger partial charge in [0.15, 0.2) is 12.2 Å².